The standard InChI is InChI=1S/C28H33N3O4/c1-32-22-7-8-24-23(15-22)28-27(17-30-24)33-11-10-31(28)18-19-2-5-21(6-3-19)29-16-20-4-9-25-26(14-20)35-13-12-34-25/h4,7-9,14-15,17,19,21,29H,2-3,5-6,10-13,16,18H2,1H3. The van der Waals surface area contributed by atoms with Gasteiger partial charge in [-0.25, -0.2) is 0 Å². The molecule has 2 aliphatic heterocycles. The van der Waals surface area contributed by atoms with Gasteiger partial charge in [0.25, 0.3) is 0 Å². The number of anilines is 1. The Morgan fingerprint density at radius 2 is 1.77 bits per heavy atom. The van der Waals surface area contributed by atoms with E-state index in [0.717, 1.165) is 53.5 Å². The lowest BCUT2D eigenvalue weighted by Gasteiger charge is -2.37. The first-order valence-electron chi connectivity index (χ1n) is 12.7. The van der Waals surface area contributed by atoms with E-state index in [1.165, 1.54) is 36.9 Å². The number of hydrogen-bond acceptors (Lipinski definition) is 7. The van der Waals surface area contributed by atoms with Crippen LogP contribution in [0.5, 0.6) is 23.0 Å². The number of hydrogen-bond donors (Lipinski definition) is 1. The Morgan fingerprint density at radius 1 is 0.943 bits per heavy atom. The van der Waals surface area contributed by atoms with Crippen molar-refractivity contribution in [3.05, 3.63) is 48.2 Å². The molecule has 7 nitrogen and oxygen atoms in total. The second-order valence-corrected chi connectivity index (χ2v) is 9.73. The zero-order valence-corrected chi connectivity index (χ0v) is 20.3. The highest BCUT2D eigenvalue weighted by Crippen LogP contribution is 2.40. The molecule has 1 N–H and O–H groups in total. The zero-order chi connectivity index (χ0) is 23.6. The number of nitrogens with one attached hydrogen (secondary N) is 1. The maximum Gasteiger partial charge on any atom is 0.161 e. The van der Waals surface area contributed by atoms with Crippen molar-refractivity contribution in [3.8, 4) is 23.0 Å². The van der Waals surface area contributed by atoms with Crippen molar-refractivity contribution in [1.82, 2.24) is 10.3 Å². The number of ether oxygens (including phenoxy) is 4. The van der Waals surface area contributed by atoms with E-state index in [9.17, 15) is 0 Å². The quantitative estimate of drug-likeness (QED) is 0.561. The third-order valence-electron chi connectivity index (χ3n) is 7.47. The SMILES string of the molecule is COc1ccc2ncc3c(c2c1)N(CC1CCC(NCc2ccc4c(c2)OCCO4)CC1)CCO3. The molecule has 0 saturated heterocycles. The molecule has 0 radical (unpaired) electrons. The van der Waals surface area contributed by atoms with Gasteiger partial charge in [-0.1, -0.05) is 6.07 Å². The van der Waals surface area contributed by atoms with Crippen molar-refractivity contribution in [3.63, 3.8) is 0 Å². The number of pyridine rings is 1. The molecule has 1 fully saturated rings. The number of benzene rings is 2. The van der Waals surface area contributed by atoms with Crippen molar-refractivity contribution in [2.75, 3.05) is 44.9 Å². The van der Waals surface area contributed by atoms with Crippen LogP contribution in [0.15, 0.2) is 42.6 Å². The maximum atomic E-state index is 5.98. The van der Waals surface area contributed by atoms with Crippen molar-refractivity contribution >= 4 is 16.6 Å². The third-order valence-corrected chi connectivity index (χ3v) is 7.47. The van der Waals surface area contributed by atoms with E-state index in [2.05, 4.69) is 33.4 Å². The Morgan fingerprint density at radius 3 is 2.63 bits per heavy atom. The molecule has 184 valence electrons. The highest BCUT2D eigenvalue weighted by Gasteiger charge is 2.27. The lowest BCUT2D eigenvalue weighted by Crippen LogP contribution is -2.40. The predicted molar refractivity (Wildman–Crippen MR) is 136 cm³/mol. The van der Waals surface area contributed by atoms with Gasteiger partial charge in [0.1, 0.15) is 25.6 Å². The monoisotopic (exact) mass is 475 g/mol. The number of fused-ring (bicyclic) bond motifs is 4. The van der Waals surface area contributed by atoms with E-state index < -0.39 is 0 Å². The normalized spacial score (nSPS) is 21.3. The molecular weight excluding hydrogens is 442 g/mol. The number of rotatable bonds is 6. The zero-order valence-electron chi connectivity index (χ0n) is 20.3. The molecule has 3 aliphatic rings. The summed E-state index contributed by atoms with van der Waals surface area (Å²) in [5, 5.41) is 4.88. The maximum absolute atomic E-state index is 5.98. The summed E-state index contributed by atoms with van der Waals surface area (Å²) in [6, 6.07) is 12.9. The molecule has 1 aliphatic carbocycles. The highest BCUT2D eigenvalue weighted by molar-refractivity contribution is 5.96. The minimum absolute atomic E-state index is 0.561. The molecule has 0 atom stereocenters. The second kappa shape index (κ2) is 9.82. The summed E-state index contributed by atoms with van der Waals surface area (Å²) in [6.07, 6.45) is 6.75. The Labute approximate surface area is 206 Å². The molecule has 2 aromatic carbocycles. The Balaban J connectivity index is 1.07. The van der Waals surface area contributed by atoms with Crippen molar-refractivity contribution in [2.45, 2.75) is 38.3 Å². The van der Waals surface area contributed by atoms with Crippen molar-refractivity contribution in [1.29, 1.82) is 0 Å². The number of nitrogens with zero attached hydrogens (tertiary/aromatic N) is 2. The van der Waals surface area contributed by atoms with E-state index in [1.807, 2.05) is 24.4 Å². The molecule has 3 heterocycles. The van der Waals surface area contributed by atoms with Crippen LogP contribution in [0.1, 0.15) is 31.2 Å². The molecule has 6 rings (SSSR count). The summed E-state index contributed by atoms with van der Waals surface area (Å²) in [5.74, 6) is 4.13. The van der Waals surface area contributed by atoms with Crippen LogP contribution in [0, 0.1) is 5.92 Å². The molecule has 1 aromatic heterocycles. The molecule has 1 saturated carbocycles. The van der Waals surface area contributed by atoms with Gasteiger partial charge >= 0.3 is 0 Å². The first-order valence-corrected chi connectivity index (χ1v) is 12.7. The Kier molecular flexibility index (Phi) is 6.25. The molecule has 0 spiro atoms. The van der Waals surface area contributed by atoms with Gasteiger partial charge in [-0.05, 0) is 67.5 Å². The van der Waals surface area contributed by atoms with E-state index in [-0.39, 0.29) is 0 Å². The van der Waals surface area contributed by atoms with E-state index in [1.54, 1.807) is 7.11 Å². The van der Waals surface area contributed by atoms with Gasteiger partial charge in [-0.15, -0.1) is 0 Å². The fourth-order valence-electron chi connectivity index (χ4n) is 5.58. The summed E-state index contributed by atoms with van der Waals surface area (Å²) in [6.45, 7) is 4.79. The molecular formula is C28H33N3O4. The molecule has 3 aromatic rings. The van der Waals surface area contributed by atoms with E-state index >= 15 is 0 Å². The van der Waals surface area contributed by atoms with Gasteiger partial charge in [-0.3, -0.25) is 4.98 Å². The summed E-state index contributed by atoms with van der Waals surface area (Å²) < 4.78 is 22.8. The molecule has 35 heavy (non-hydrogen) atoms. The van der Waals surface area contributed by atoms with Gasteiger partial charge in [0.15, 0.2) is 17.2 Å². The van der Waals surface area contributed by atoms with Gasteiger partial charge < -0.3 is 29.2 Å². The summed E-state index contributed by atoms with van der Waals surface area (Å²) in [4.78, 5) is 7.11. The first-order chi connectivity index (χ1) is 17.3. The smallest absolute Gasteiger partial charge is 0.161 e. The predicted octanol–water partition coefficient (Wildman–Crippen LogP) is 4.56. The van der Waals surface area contributed by atoms with Crippen LogP contribution >= 0.6 is 0 Å². The number of aromatic nitrogens is 1. The van der Waals surface area contributed by atoms with Crippen LogP contribution in [0.25, 0.3) is 10.9 Å². The largest absolute Gasteiger partial charge is 0.497 e. The third kappa shape index (κ3) is 4.69. The summed E-state index contributed by atoms with van der Waals surface area (Å²) in [5.41, 5.74) is 3.39. The fraction of sp³-hybridized carbons (Fsp3) is 0.464. The lowest BCUT2D eigenvalue weighted by atomic mass is 9.85. The topological polar surface area (TPSA) is 65.1 Å². The summed E-state index contributed by atoms with van der Waals surface area (Å²) in [7, 11) is 1.71. The molecule has 7 heteroatoms. The molecule has 0 amide bonds. The minimum atomic E-state index is 0.561. The average Bonchev–Trinajstić information content (AvgIpc) is 2.92. The average molecular weight is 476 g/mol. The van der Waals surface area contributed by atoms with Gasteiger partial charge in [0.2, 0.25) is 0 Å². The van der Waals surface area contributed by atoms with Gasteiger partial charge in [0.05, 0.1) is 31.1 Å². The minimum Gasteiger partial charge on any atom is -0.497 e. The van der Waals surface area contributed by atoms with Crippen LogP contribution in [0.2, 0.25) is 0 Å². The number of methoxy groups -OCH3 is 1. The fourth-order valence-corrected chi connectivity index (χ4v) is 5.58. The van der Waals surface area contributed by atoms with Crippen LogP contribution in [-0.4, -0.2) is 51.0 Å². The van der Waals surface area contributed by atoms with Crippen LogP contribution in [-0.2, 0) is 6.54 Å². The van der Waals surface area contributed by atoms with E-state index in [0.29, 0.717) is 31.8 Å². The Hall–Kier alpha value is -3.19. The molecule has 0 bridgehead atoms. The molecule has 0 unspecified atom stereocenters. The van der Waals surface area contributed by atoms with Crippen molar-refractivity contribution in [2.24, 2.45) is 5.92 Å². The van der Waals surface area contributed by atoms with Crippen molar-refractivity contribution < 1.29 is 18.9 Å². The highest BCUT2D eigenvalue weighted by atomic mass is 16.6. The lowest BCUT2D eigenvalue weighted by molar-refractivity contribution is 0.171. The van der Waals surface area contributed by atoms with Gasteiger partial charge in [-0.2, -0.15) is 0 Å². The first kappa shape index (κ1) is 22.3. The summed E-state index contributed by atoms with van der Waals surface area (Å²) >= 11 is 0. The Bertz CT molecular complexity index is 1190. The van der Waals surface area contributed by atoms with Crippen LogP contribution < -0.4 is 29.2 Å². The van der Waals surface area contributed by atoms with E-state index in [4.69, 9.17) is 18.9 Å². The van der Waals surface area contributed by atoms with Crippen LogP contribution in [0.4, 0.5) is 5.69 Å². The second-order valence-electron chi connectivity index (χ2n) is 9.73. The van der Waals surface area contributed by atoms with Gasteiger partial charge in [0, 0.05) is 24.5 Å². The van der Waals surface area contributed by atoms with Crippen LogP contribution in [0.3, 0.4) is 0 Å².